The molecule has 2 aliphatic rings. The Morgan fingerprint density at radius 1 is 1.21 bits per heavy atom. The summed E-state index contributed by atoms with van der Waals surface area (Å²) in [5.74, 6) is 1.35. The van der Waals surface area contributed by atoms with Gasteiger partial charge in [-0.2, -0.15) is 0 Å². The smallest absolute Gasteiger partial charge is 0.240 e. The molecule has 0 aliphatic heterocycles. The van der Waals surface area contributed by atoms with Crippen molar-refractivity contribution in [3.8, 4) is 0 Å². The molecule has 0 spiro atoms. The third kappa shape index (κ3) is 2.44. The summed E-state index contributed by atoms with van der Waals surface area (Å²) in [6.45, 7) is 0. The van der Waals surface area contributed by atoms with E-state index in [1.165, 1.54) is 0 Å². The molecule has 2 aliphatic carbocycles. The Balaban J connectivity index is 1.76. The van der Waals surface area contributed by atoms with Gasteiger partial charge in [0.15, 0.2) is 0 Å². The predicted molar refractivity (Wildman–Crippen MR) is 70.9 cm³/mol. The highest BCUT2D eigenvalue weighted by Crippen LogP contribution is 2.56. The zero-order valence-corrected chi connectivity index (χ0v) is 11.3. The minimum Gasteiger partial charge on any atom is -0.303 e. The fraction of sp³-hybridized carbons (Fsp3) is 0.500. The molecule has 2 fully saturated rings. The first-order valence-corrected chi connectivity index (χ1v) is 8.11. The van der Waals surface area contributed by atoms with Crippen molar-refractivity contribution in [2.75, 3.05) is 0 Å². The molecular formula is C14H17NO3S. The van der Waals surface area contributed by atoms with Gasteiger partial charge in [0.05, 0.1) is 4.90 Å². The number of rotatable bonds is 5. The standard InChI is InChI=1S/C14H17NO3S/c16-7-6-12-13-8-10(13)9-14(12)15-19(17,18)11-4-2-1-3-5-11/h1-5,7,10,12-15H,6,8-9H2/t10-,12-,13-,14+/m0/s1. The summed E-state index contributed by atoms with van der Waals surface area (Å²) >= 11 is 0. The zero-order valence-electron chi connectivity index (χ0n) is 10.5. The van der Waals surface area contributed by atoms with Crippen molar-refractivity contribution in [3.05, 3.63) is 30.3 Å². The van der Waals surface area contributed by atoms with Crippen LogP contribution in [0.4, 0.5) is 0 Å². The molecule has 0 aromatic heterocycles. The van der Waals surface area contributed by atoms with Crippen LogP contribution in [0.1, 0.15) is 19.3 Å². The molecule has 102 valence electrons. The Labute approximate surface area is 113 Å². The van der Waals surface area contributed by atoms with Crippen molar-refractivity contribution in [1.82, 2.24) is 4.72 Å². The monoisotopic (exact) mass is 279 g/mol. The summed E-state index contributed by atoms with van der Waals surface area (Å²) in [6.07, 6.45) is 3.40. The average molecular weight is 279 g/mol. The number of hydrogen-bond donors (Lipinski definition) is 1. The lowest BCUT2D eigenvalue weighted by molar-refractivity contribution is -0.108. The normalized spacial score (nSPS) is 32.8. The van der Waals surface area contributed by atoms with Crippen molar-refractivity contribution >= 4 is 16.3 Å². The first-order chi connectivity index (χ1) is 9.12. The number of nitrogens with one attached hydrogen (secondary N) is 1. The minimum absolute atomic E-state index is 0.0841. The topological polar surface area (TPSA) is 63.2 Å². The Morgan fingerprint density at radius 3 is 2.63 bits per heavy atom. The minimum atomic E-state index is -3.46. The van der Waals surface area contributed by atoms with Gasteiger partial charge in [0.25, 0.3) is 0 Å². The number of benzene rings is 1. The second-order valence-electron chi connectivity index (χ2n) is 5.50. The molecule has 2 saturated carbocycles. The molecule has 0 heterocycles. The van der Waals surface area contributed by atoms with Crippen molar-refractivity contribution in [3.63, 3.8) is 0 Å². The van der Waals surface area contributed by atoms with Gasteiger partial charge in [-0.15, -0.1) is 0 Å². The predicted octanol–water partition coefficient (Wildman–Crippen LogP) is 1.58. The van der Waals surface area contributed by atoms with E-state index < -0.39 is 10.0 Å². The number of fused-ring (bicyclic) bond motifs is 1. The summed E-state index contributed by atoms with van der Waals surface area (Å²) in [5, 5.41) is 0. The molecule has 0 saturated heterocycles. The number of hydrogen-bond acceptors (Lipinski definition) is 3. The van der Waals surface area contributed by atoms with Crippen molar-refractivity contribution < 1.29 is 13.2 Å². The summed E-state index contributed by atoms with van der Waals surface area (Å²) in [6, 6.07) is 8.31. The summed E-state index contributed by atoms with van der Waals surface area (Å²) in [4.78, 5) is 11.0. The van der Waals surface area contributed by atoms with E-state index >= 15 is 0 Å². The number of carbonyl (C=O) groups excluding carboxylic acids is 1. The van der Waals surface area contributed by atoms with Crippen LogP contribution in [0.25, 0.3) is 0 Å². The van der Waals surface area contributed by atoms with E-state index in [4.69, 9.17) is 0 Å². The molecule has 19 heavy (non-hydrogen) atoms. The van der Waals surface area contributed by atoms with Gasteiger partial charge in [-0.05, 0) is 42.7 Å². The molecule has 0 unspecified atom stereocenters. The third-order valence-corrected chi connectivity index (χ3v) is 5.83. The molecule has 4 nitrogen and oxygen atoms in total. The zero-order chi connectivity index (χ0) is 13.5. The van der Waals surface area contributed by atoms with Crippen molar-refractivity contribution in [2.24, 2.45) is 17.8 Å². The van der Waals surface area contributed by atoms with E-state index in [9.17, 15) is 13.2 Å². The Bertz CT molecular complexity index is 570. The first-order valence-electron chi connectivity index (χ1n) is 6.63. The Hall–Kier alpha value is -1.20. The number of carbonyl (C=O) groups is 1. The third-order valence-electron chi connectivity index (χ3n) is 4.33. The quantitative estimate of drug-likeness (QED) is 0.832. The van der Waals surface area contributed by atoms with Gasteiger partial charge in [0.1, 0.15) is 6.29 Å². The molecule has 5 heteroatoms. The van der Waals surface area contributed by atoms with Crippen LogP contribution in [0.2, 0.25) is 0 Å². The largest absolute Gasteiger partial charge is 0.303 e. The second kappa shape index (κ2) is 4.72. The van der Waals surface area contributed by atoms with Crippen molar-refractivity contribution in [2.45, 2.75) is 30.2 Å². The van der Waals surface area contributed by atoms with Gasteiger partial charge in [-0.25, -0.2) is 13.1 Å². The van der Waals surface area contributed by atoms with Crippen LogP contribution in [0.3, 0.4) is 0 Å². The van der Waals surface area contributed by atoms with E-state index in [1.54, 1.807) is 30.3 Å². The highest BCUT2D eigenvalue weighted by molar-refractivity contribution is 7.89. The lowest BCUT2D eigenvalue weighted by Gasteiger charge is -2.22. The lowest BCUT2D eigenvalue weighted by atomic mass is 9.96. The van der Waals surface area contributed by atoms with Crippen LogP contribution < -0.4 is 4.72 Å². The molecular weight excluding hydrogens is 262 g/mol. The highest BCUT2D eigenvalue weighted by atomic mass is 32.2. The van der Waals surface area contributed by atoms with Crippen LogP contribution in [0, 0.1) is 17.8 Å². The summed E-state index contributed by atoms with van der Waals surface area (Å²) < 4.78 is 27.3. The molecule has 0 amide bonds. The van der Waals surface area contributed by atoms with E-state index in [0.717, 1.165) is 19.1 Å². The van der Waals surface area contributed by atoms with Crippen LogP contribution in [-0.2, 0) is 14.8 Å². The molecule has 0 radical (unpaired) electrons. The summed E-state index contributed by atoms with van der Waals surface area (Å²) in [5.41, 5.74) is 0. The van der Waals surface area contributed by atoms with E-state index in [2.05, 4.69) is 4.72 Å². The van der Waals surface area contributed by atoms with E-state index in [1.807, 2.05) is 0 Å². The van der Waals surface area contributed by atoms with Gasteiger partial charge in [-0.3, -0.25) is 0 Å². The van der Waals surface area contributed by atoms with Gasteiger partial charge >= 0.3 is 0 Å². The molecule has 1 aromatic carbocycles. The average Bonchev–Trinajstić information content (AvgIpc) is 3.08. The number of sulfonamides is 1. The van der Waals surface area contributed by atoms with Crippen molar-refractivity contribution in [1.29, 1.82) is 0 Å². The molecule has 1 aromatic rings. The molecule has 3 rings (SSSR count). The maximum atomic E-state index is 12.3. The van der Waals surface area contributed by atoms with Crippen LogP contribution >= 0.6 is 0 Å². The molecule has 4 atom stereocenters. The highest BCUT2D eigenvalue weighted by Gasteiger charge is 2.53. The summed E-state index contributed by atoms with van der Waals surface area (Å²) in [7, 11) is -3.46. The van der Waals surface area contributed by atoms with E-state index in [-0.39, 0.29) is 12.0 Å². The maximum Gasteiger partial charge on any atom is 0.240 e. The van der Waals surface area contributed by atoms with Crippen LogP contribution in [0.5, 0.6) is 0 Å². The number of aldehydes is 1. The van der Waals surface area contributed by atoms with Gasteiger partial charge < -0.3 is 4.79 Å². The van der Waals surface area contributed by atoms with Gasteiger partial charge in [0, 0.05) is 12.5 Å². The molecule has 0 bridgehead atoms. The fourth-order valence-corrected chi connectivity index (χ4v) is 4.64. The van der Waals surface area contributed by atoms with E-state index in [0.29, 0.717) is 23.2 Å². The lowest BCUT2D eigenvalue weighted by Crippen LogP contribution is -2.39. The van der Waals surface area contributed by atoms with Crippen LogP contribution in [-0.4, -0.2) is 20.7 Å². The molecule has 1 N–H and O–H groups in total. The van der Waals surface area contributed by atoms with Gasteiger partial charge in [-0.1, -0.05) is 18.2 Å². The SMILES string of the molecule is O=CC[C@H]1[C@H]2C[C@H]2C[C@H]1NS(=O)(=O)c1ccccc1. The maximum absolute atomic E-state index is 12.3. The first kappa shape index (κ1) is 12.8. The van der Waals surface area contributed by atoms with Gasteiger partial charge in [0.2, 0.25) is 10.0 Å². The Morgan fingerprint density at radius 2 is 1.95 bits per heavy atom. The fourth-order valence-electron chi connectivity index (χ4n) is 3.32. The Kier molecular flexibility index (Phi) is 3.19. The van der Waals surface area contributed by atoms with Crippen LogP contribution in [0.15, 0.2) is 35.2 Å². The second-order valence-corrected chi connectivity index (χ2v) is 7.22.